The van der Waals surface area contributed by atoms with Crippen LogP contribution in [-0.4, -0.2) is 18.5 Å². The van der Waals surface area contributed by atoms with Gasteiger partial charge in [-0.2, -0.15) is 0 Å². The van der Waals surface area contributed by atoms with Crippen molar-refractivity contribution >= 4 is 17.6 Å². The molecule has 0 bridgehead atoms. The summed E-state index contributed by atoms with van der Waals surface area (Å²) in [7, 11) is 0. The van der Waals surface area contributed by atoms with Crippen LogP contribution >= 0.6 is 0 Å². The molecule has 0 saturated heterocycles. The Morgan fingerprint density at radius 3 is 2.62 bits per heavy atom. The van der Waals surface area contributed by atoms with Crippen molar-refractivity contribution in [1.82, 2.24) is 0 Å². The maximum Gasteiger partial charge on any atom is 0.319 e. The number of anilines is 1. The summed E-state index contributed by atoms with van der Waals surface area (Å²) in [4.78, 5) is 23.9. The zero-order chi connectivity index (χ0) is 11.7. The first-order valence-corrected chi connectivity index (χ1v) is 5.10. The van der Waals surface area contributed by atoms with Crippen LogP contribution in [0.15, 0.2) is 18.2 Å². The number of hydrogen-bond acceptors (Lipinski definition) is 2. The molecule has 0 atom stereocenters. The molecule has 1 aromatic carbocycles. The molecular weight excluding hydrogens is 206 g/mol. The highest BCUT2D eigenvalue weighted by Gasteiger charge is 2.23. The van der Waals surface area contributed by atoms with Crippen molar-refractivity contribution in [2.24, 2.45) is 11.5 Å². The Bertz CT molecular complexity index is 457. The van der Waals surface area contributed by atoms with Gasteiger partial charge in [-0.05, 0) is 30.5 Å². The number of carbonyl (C=O) groups is 2. The summed E-state index contributed by atoms with van der Waals surface area (Å²) in [6.07, 6.45) is 1.54. The van der Waals surface area contributed by atoms with Crippen molar-refractivity contribution in [2.75, 3.05) is 11.4 Å². The number of benzene rings is 1. The van der Waals surface area contributed by atoms with E-state index in [1.807, 2.05) is 0 Å². The molecule has 0 unspecified atom stereocenters. The quantitative estimate of drug-likeness (QED) is 0.724. The van der Waals surface area contributed by atoms with E-state index in [2.05, 4.69) is 0 Å². The number of nitrogens with two attached hydrogens (primary N) is 2. The molecule has 0 saturated carbocycles. The first-order valence-electron chi connectivity index (χ1n) is 5.10. The van der Waals surface area contributed by atoms with E-state index in [9.17, 15) is 9.59 Å². The number of rotatable bonds is 1. The molecule has 1 aliphatic heterocycles. The van der Waals surface area contributed by atoms with E-state index in [-0.39, 0.29) is 0 Å². The minimum absolute atomic E-state index is 0.469. The molecule has 0 spiro atoms. The van der Waals surface area contributed by atoms with Crippen LogP contribution in [0.1, 0.15) is 22.3 Å². The Labute approximate surface area is 93.0 Å². The van der Waals surface area contributed by atoms with E-state index < -0.39 is 11.9 Å². The SMILES string of the molecule is NC(=O)c1cccc2c1CCCN2C(N)=O. The molecule has 0 aromatic heterocycles. The van der Waals surface area contributed by atoms with Gasteiger partial charge >= 0.3 is 6.03 Å². The van der Waals surface area contributed by atoms with Crippen LogP contribution in [0.4, 0.5) is 10.5 Å². The van der Waals surface area contributed by atoms with Gasteiger partial charge in [0.25, 0.3) is 0 Å². The number of carbonyl (C=O) groups excluding carboxylic acids is 2. The summed E-state index contributed by atoms with van der Waals surface area (Å²) in [5.41, 5.74) is 12.6. The molecular formula is C11H13N3O2. The Kier molecular flexibility index (Phi) is 2.52. The van der Waals surface area contributed by atoms with Crippen molar-refractivity contribution in [3.8, 4) is 0 Å². The van der Waals surface area contributed by atoms with Crippen molar-refractivity contribution in [3.05, 3.63) is 29.3 Å². The van der Waals surface area contributed by atoms with Crippen LogP contribution in [0.2, 0.25) is 0 Å². The van der Waals surface area contributed by atoms with Gasteiger partial charge in [-0.25, -0.2) is 4.79 Å². The predicted molar refractivity (Wildman–Crippen MR) is 60.2 cm³/mol. The smallest absolute Gasteiger partial charge is 0.319 e. The van der Waals surface area contributed by atoms with Gasteiger partial charge in [0.2, 0.25) is 5.91 Å². The number of nitrogens with zero attached hydrogens (tertiary/aromatic N) is 1. The molecule has 1 aromatic rings. The number of hydrogen-bond donors (Lipinski definition) is 2. The van der Waals surface area contributed by atoms with Gasteiger partial charge < -0.3 is 11.5 Å². The van der Waals surface area contributed by atoms with E-state index in [4.69, 9.17) is 11.5 Å². The first-order chi connectivity index (χ1) is 7.61. The standard InChI is InChI=1S/C11H13N3O2/c12-10(15)8-3-1-5-9-7(8)4-2-6-14(9)11(13)16/h1,3,5H,2,4,6H2,(H2,12,15)(H2,13,16). The lowest BCUT2D eigenvalue weighted by Gasteiger charge is -2.28. The molecule has 3 amide bonds. The second kappa shape index (κ2) is 3.84. The molecule has 5 heteroatoms. The third-order valence-electron chi connectivity index (χ3n) is 2.78. The van der Waals surface area contributed by atoms with E-state index >= 15 is 0 Å². The zero-order valence-electron chi connectivity index (χ0n) is 8.77. The van der Waals surface area contributed by atoms with Crippen LogP contribution in [0.25, 0.3) is 0 Å². The van der Waals surface area contributed by atoms with E-state index in [0.717, 1.165) is 18.4 Å². The lowest BCUT2D eigenvalue weighted by Crippen LogP contribution is -2.40. The van der Waals surface area contributed by atoms with Gasteiger partial charge in [-0.1, -0.05) is 6.07 Å². The van der Waals surface area contributed by atoms with Crippen molar-refractivity contribution < 1.29 is 9.59 Å². The highest BCUT2D eigenvalue weighted by atomic mass is 16.2. The molecule has 0 radical (unpaired) electrons. The summed E-state index contributed by atoms with van der Waals surface area (Å²) in [6, 6.07) is 4.67. The third kappa shape index (κ3) is 1.60. The second-order valence-corrected chi connectivity index (χ2v) is 3.76. The van der Waals surface area contributed by atoms with Crippen molar-refractivity contribution in [2.45, 2.75) is 12.8 Å². The Morgan fingerprint density at radius 2 is 2.00 bits per heavy atom. The number of primary amides is 2. The van der Waals surface area contributed by atoms with Crippen LogP contribution < -0.4 is 16.4 Å². The Morgan fingerprint density at radius 1 is 1.25 bits per heavy atom. The molecule has 2 rings (SSSR count). The molecule has 1 heterocycles. The van der Waals surface area contributed by atoms with Crippen molar-refractivity contribution in [1.29, 1.82) is 0 Å². The summed E-state index contributed by atoms with van der Waals surface area (Å²) in [5, 5.41) is 0. The predicted octanol–water partition coefficient (Wildman–Crippen LogP) is 0.617. The fourth-order valence-corrected chi connectivity index (χ4v) is 2.08. The average Bonchev–Trinajstić information content (AvgIpc) is 2.27. The molecule has 4 N–H and O–H groups in total. The van der Waals surface area contributed by atoms with E-state index in [1.165, 1.54) is 4.90 Å². The second-order valence-electron chi connectivity index (χ2n) is 3.76. The maximum absolute atomic E-state index is 11.2. The van der Waals surface area contributed by atoms with Gasteiger partial charge in [-0.15, -0.1) is 0 Å². The fourth-order valence-electron chi connectivity index (χ4n) is 2.08. The lowest BCUT2D eigenvalue weighted by atomic mass is 9.96. The van der Waals surface area contributed by atoms with E-state index in [1.54, 1.807) is 18.2 Å². The number of urea groups is 1. The first kappa shape index (κ1) is 10.5. The summed E-state index contributed by atoms with van der Waals surface area (Å²) in [6.45, 7) is 0.588. The lowest BCUT2D eigenvalue weighted by molar-refractivity contribution is 0.0999. The summed E-state index contributed by atoms with van der Waals surface area (Å²) in [5.74, 6) is -0.469. The summed E-state index contributed by atoms with van der Waals surface area (Å²) < 4.78 is 0. The molecule has 0 fully saturated rings. The van der Waals surface area contributed by atoms with Gasteiger partial charge in [0.1, 0.15) is 0 Å². The number of amides is 3. The third-order valence-corrected chi connectivity index (χ3v) is 2.78. The minimum atomic E-state index is -0.498. The maximum atomic E-state index is 11.2. The van der Waals surface area contributed by atoms with Crippen LogP contribution in [0.3, 0.4) is 0 Å². The van der Waals surface area contributed by atoms with Crippen molar-refractivity contribution in [3.63, 3.8) is 0 Å². The fraction of sp³-hybridized carbons (Fsp3) is 0.273. The van der Waals surface area contributed by atoms with Gasteiger partial charge in [0.05, 0.1) is 0 Å². The molecule has 16 heavy (non-hydrogen) atoms. The minimum Gasteiger partial charge on any atom is -0.366 e. The van der Waals surface area contributed by atoms with Crippen LogP contribution in [-0.2, 0) is 6.42 Å². The number of fused-ring (bicyclic) bond motifs is 1. The highest BCUT2D eigenvalue weighted by Crippen LogP contribution is 2.29. The van der Waals surface area contributed by atoms with Gasteiger partial charge in [0.15, 0.2) is 0 Å². The molecule has 0 aliphatic carbocycles. The molecule has 1 aliphatic rings. The Hall–Kier alpha value is -2.04. The van der Waals surface area contributed by atoms with Gasteiger partial charge in [-0.3, -0.25) is 9.69 Å². The monoisotopic (exact) mass is 219 g/mol. The normalized spacial score (nSPS) is 14.4. The van der Waals surface area contributed by atoms with Crippen LogP contribution in [0.5, 0.6) is 0 Å². The van der Waals surface area contributed by atoms with Gasteiger partial charge in [0, 0.05) is 17.8 Å². The molecule has 5 nitrogen and oxygen atoms in total. The Balaban J connectivity index is 2.54. The van der Waals surface area contributed by atoms with Crippen LogP contribution in [0, 0.1) is 0 Å². The van der Waals surface area contributed by atoms with E-state index in [0.29, 0.717) is 17.8 Å². The molecule has 84 valence electrons. The summed E-state index contributed by atoms with van der Waals surface area (Å²) >= 11 is 0. The average molecular weight is 219 g/mol. The zero-order valence-corrected chi connectivity index (χ0v) is 8.77. The largest absolute Gasteiger partial charge is 0.366 e. The topological polar surface area (TPSA) is 89.4 Å². The highest BCUT2D eigenvalue weighted by molar-refractivity contribution is 5.99.